The van der Waals surface area contributed by atoms with Crippen LogP contribution in [0.3, 0.4) is 0 Å². The highest BCUT2D eigenvalue weighted by atomic mass is 16.5. The van der Waals surface area contributed by atoms with Crippen LogP contribution in [0.2, 0.25) is 0 Å². The normalized spacial score (nSPS) is 17.3. The van der Waals surface area contributed by atoms with Crippen molar-refractivity contribution in [1.29, 1.82) is 0 Å². The molecule has 0 radical (unpaired) electrons. The van der Waals surface area contributed by atoms with Gasteiger partial charge in [0, 0.05) is 34.9 Å². The van der Waals surface area contributed by atoms with Crippen LogP contribution in [0.5, 0.6) is 5.75 Å². The van der Waals surface area contributed by atoms with E-state index in [1.54, 1.807) is 19.1 Å². The molecule has 4 amide bonds. The Balaban J connectivity index is 1.55. The number of fused-ring (bicyclic) bond motifs is 1. The first-order valence-corrected chi connectivity index (χ1v) is 11.4. The molecule has 0 bridgehead atoms. The van der Waals surface area contributed by atoms with Crippen LogP contribution >= 0.6 is 0 Å². The number of methoxy groups -OCH3 is 1. The molecule has 2 aromatic carbocycles. The van der Waals surface area contributed by atoms with Crippen LogP contribution in [0.1, 0.15) is 24.2 Å². The van der Waals surface area contributed by atoms with Crippen molar-refractivity contribution in [3.8, 4) is 5.75 Å². The second-order valence-electron chi connectivity index (χ2n) is 8.82. The van der Waals surface area contributed by atoms with E-state index in [0.717, 1.165) is 9.80 Å². The summed E-state index contributed by atoms with van der Waals surface area (Å²) < 4.78 is 10.4. The SMILES string of the molecule is COc1ccc2cc(C(=O)Nc3cc(N4C(=O)C=C(C)C4=O)cc(N4C(=O)C=C(C)C4O)c3)c(=O)oc2c1. The Morgan fingerprint density at radius 1 is 0.974 bits per heavy atom. The molecule has 2 aliphatic heterocycles. The van der Waals surface area contributed by atoms with E-state index in [0.29, 0.717) is 16.7 Å². The number of hydrogen-bond acceptors (Lipinski definition) is 8. The standard InChI is InChI=1S/C27H21N3O8/c1-13-6-22(31)29(25(13)34)17-9-16(10-18(11-17)30-23(32)7-14(2)26(30)35)28-24(33)20-8-15-4-5-19(37-3)12-21(15)38-27(20)36/h4-12,25,34H,1-3H3,(H,28,33). The summed E-state index contributed by atoms with van der Waals surface area (Å²) in [5.74, 6) is -2.05. The highest BCUT2D eigenvalue weighted by molar-refractivity contribution is 6.30. The first kappa shape index (κ1) is 24.7. The molecule has 1 aromatic heterocycles. The van der Waals surface area contributed by atoms with Gasteiger partial charge in [-0.3, -0.25) is 24.1 Å². The summed E-state index contributed by atoms with van der Waals surface area (Å²) in [4.78, 5) is 65.4. The number of carbonyl (C=O) groups is 4. The van der Waals surface area contributed by atoms with E-state index in [2.05, 4.69) is 5.32 Å². The molecule has 2 aliphatic rings. The Bertz CT molecular complexity index is 1680. The summed E-state index contributed by atoms with van der Waals surface area (Å²) in [5.41, 5.74) is -0.118. The second kappa shape index (κ2) is 9.12. The predicted molar refractivity (Wildman–Crippen MR) is 137 cm³/mol. The molecule has 0 spiro atoms. The number of rotatable bonds is 5. The lowest BCUT2D eigenvalue weighted by molar-refractivity contribution is -0.120. The maximum absolute atomic E-state index is 13.1. The van der Waals surface area contributed by atoms with Crippen molar-refractivity contribution >= 4 is 51.7 Å². The minimum Gasteiger partial charge on any atom is -0.497 e. The second-order valence-corrected chi connectivity index (χ2v) is 8.82. The Morgan fingerprint density at radius 2 is 1.71 bits per heavy atom. The molecule has 38 heavy (non-hydrogen) atoms. The summed E-state index contributed by atoms with van der Waals surface area (Å²) in [6, 6.07) is 10.3. The van der Waals surface area contributed by atoms with Crippen LogP contribution in [0.4, 0.5) is 17.1 Å². The fraction of sp³-hybridized carbons (Fsp3) is 0.148. The summed E-state index contributed by atoms with van der Waals surface area (Å²) >= 11 is 0. The Hall–Kier alpha value is -5.03. The quantitative estimate of drug-likeness (QED) is 0.389. The summed E-state index contributed by atoms with van der Waals surface area (Å²) in [5, 5.41) is 13.6. The number of carbonyl (C=O) groups excluding carboxylic acids is 4. The Kier molecular flexibility index (Phi) is 5.92. The fourth-order valence-corrected chi connectivity index (χ4v) is 4.27. The first-order chi connectivity index (χ1) is 18.1. The van der Waals surface area contributed by atoms with Crippen molar-refractivity contribution in [2.24, 2.45) is 0 Å². The topological polar surface area (TPSA) is 146 Å². The third kappa shape index (κ3) is 4.14. The number of nitrogens with one attached hydrogen (secondary N) is 1. The van der Waals surface area contributed by atoms with E-state index in [1.807, 2.05) is 0 Å². The number of anilines is 3. The van der Waals surface area contributed by atoms with Gasteiger partial charge in [0.2, 0.25) is 0 Å². The molecule has 0 aliphatic carbocycles. The van der Waals surface area contributed by atoms with Crippen LogP contribution < -0.4 is 25.5 Å². The van der Waals surface area contributed by atoms with E-state index in [-0.39, 0.29) is 33.8 Å². The zero-order valence-electron chi connectivity index (χ0n) is 20.5. The molecule has 11 heteroatoms. The molecule has 1 atom stereocenters. The van der Waals surface area contributed by atoms with Crippen LogP contribution in [0.25, 0.3) is 11.0 Å². The number of aliphatic hydroxyl groups is 1. The van der Waals surface area contributed by atoms with E-state index in [4.69, 9.17) is 9.15 Å². The number of amides is 4. The van der Waals surface area contributed by atoms with Crippen LogP contribution in [-0.4, -0.2) is 42.1 Å². The van der Waals surface area contributed by atoms with Crippen LogP contribution in [-0.2, 0) is 14.4 Å². The average Bonchev–Trinajstić information content (AvgIpc) is 3.28. The molecule has 11 nitrogen and oxygen atoms in total. The van der Waals surface area contributed by atoms with Gasteiger partial charge in [-0.15, -0.1) is 0 Å². The molecule has 3 heterocycles. The van der Waals surface area contributed by atoms with E-state index < -0.39 is 35.5 Å². The monoisotopic (exact) mass is 515 g/mol. The molecule has 0 saturated carbocycles. The molecule has 1 unspecified atom stereocenters. The average molecular weight is 515 g/mol. The molecule has 0 fully saturated rings. The third-order valence-electron chi connectivity index (χ3n) is 6.23. The van der Waals surface area contributed by atoms with Gasteiger partial charge in [-0.05, 0) is 55.8 Å². The molecule has 0 saturated heterocycles. The Labute approximate surface area is 215 Å². The number of benzene rings is 2. The van der Waals surface area contributed by atoms with Gasteiger partial charge in [-0.1, -0.05) is 0 Å². The van der Waals surface area contributed by atoms with Crippen molar-refractivity contribution in [3.63, 3.8) is 0 Å². The minimum absolute atomic E-state index is 0.0584. The smallest absolute Gasteiger partial charge is 0.349 e. The summed E-state index contributed by atoms with van der Waals surface area (Å²) in [6.07, 6.45) is 1.14. The molecule has 5 rings (SSSR count). The lowest BCUT2D eigenvalue weighted by Crippen LogP contribution is -2.35. The van der Waals surface area contributed by atoms with Crippen molar-refractivity contribution in [1.82, 2.24) is 0 Å². The number of hydrogen-bond donors (Lipinski definition) is 2. The number of imide groups is 1. The highest BCUT2D eigenvalue weighted by Gasteiger charge is 2.34. The van der Waals surface area contributed by atoms with E-state index in [1.165, 1.54) is 56.5 Å². The van der Waals surface area contributed by atoms with Gasteiger partial charge in [0.15, 0.2) is 6.23 Å². The highest BCUT2D eigenvalue weighted by Crippen LogP contribution is 2.34. The van der Waals surface area contributed by atoms with E-state index >= 15 is 0 Å². The maximum Gasteiger partial charge on any atom is 0.349 e. The zero-order valence-corrected chi connectivity index (χ0v) is 20.5. The van der Waals surface area contributed by atoms with Gasteiger partial charge < -0.3 is 19.6 Å². The largest absolute Gasteiger partial charge is 0.497 e. The van der Waals surface area contributed by atoms with Gasteiger partial charge in [0.05, 0.1) is 18.5 Å². The molecular weight excluding hydrogens is 494 g/mol. The predicted octanol–water partition coefficient (Wildman–Crippen LogP) is 2.48. The van der Waals surface area contributed by atoms with Crippen molar-refractivity contribution in [2.45, 2.75) is 20.1 Å². The molecular formula is C27H21N3O8. The first-order valence-electron chi connectivity index (χ1n) is 11.4. The lowest BCUT2D eigenvalue weighted by Gasteiger charge is -2.25. The van der Waals surface area contributed by atoms with Gasteiger partial charge in [-0.25, -0.2) is 9.69 Å². The van der Waals surface area contributed by atoms with Gasteiger partial charge in [0.25, 0.3) is 23.6 Å². The molecule has 2 N–H and O–H groups in total. The van der Waals surface area contributed by atoms with Crippen molar-refractivity contribution in [2.75, 3.05) is 22.2 Å². The van der Waals surface area contributed by atoms with Gasteiger partial charge in [0.1, 0.15) is 16.9 Å². The van der Waals surface area contributed by atoms with Crippen molar-refractivity contribution in [3.05, 3.63) is 81.7 Å². The van der Waals surface area contributed by atoms with Gasteiger partial charge in [-0.2, -0.15) is 0 Å². The summed E-state index contributed by atoms with van der Waals surface area (Å²) in [7, 11) is 1.47. The van der Waals surface area contributed by atoms with Crippen LogP contribution in [0.15, 0.2) is 75.0 Å². The minimum atomic E-state index is -1.28. The number of ether oxygens (including phenoxy) is 1. The van der Waals surface area contributed by atoms with Crippen molar-refractivity contribution < 1.29 is 33.4 Å². The third-order valence-corrected chi connectivity index (χ3v) is 6.23. The number of nitrogens with zero attached hydrogens (tertiary/aromatic N) is 2. The Morgan fingerprint density at radius 3 is 2.34 bits per heavy atom. The lowest BCUT2D eigenvalue weighted by atomic mass is 10.1. The van der Waals surface area contributed by atoms with E-state index in [9.17, 15) is 29.1 Å². The molecule has 192 valence electrons. The number of aliphatic hydroxyl groups excluding tert-OH is 1. The molecule has 3 aromatic rings. The van der Waals surface area contributed by atoms with Gasteiger partial charge >= 0.3 is 5.63 Å². The van der Waals surface area contributed by atoms with Crippen LogP contribution in [0, 0.1) is 0 Å². The summed E-state index contributed by atoms with van der Waals surface area (Å²) in [6.45, 7) is 3.06. The zero-order chi connectivity index (χ0) is 27.3. The fourth-order valence-electron chi connectivity index (χ4n) is 4.27. The maximum atomic E-state index is 13.1.